The van der Waals surface area contributed by atoms with Crippen molar-refractivity contribution in [3.8, 4) is 11.4 Å². The fourth-order valence-corrected chi connectivity index (χ4v) is 3.01. The van der Waals surface area contributed by atoms with E-state index in [1.807, 2.05) is 0 Å². The number of aldehydes is 1. The maximum atomic E-state index is 13.2. The lowest BCUT2D eigenvalue weighted by atomic mass is 10.0. The largest absolute Gasteiger partial charge is 0.444 e. The van der Waals surface area contributed by atoms with Gasteiger partial charge in [-0.1, -0.05) is 30.3 Å². The number of benzene rings is 2. The summed E-state index contributed by atoms with van der Waals surface area (Å²) in [5.74, 6) is -0.637. The zero-order valence-corrected chi connectivity index (χ0v) is 17.5. The molecule has 1 N–H and O–H groups in total. The van der Waals surface area contributed by atoms with Crippen LogP contribution in [0.5, 0.6) is 0 Å². The molecule has 0 unspecified atom stereocenters. The maximum absolute atomic E-state index is 13.2. The van der Waals surface area contributed by atoms with Crippen LogP contribution < -0.4 is 10.9 Å². The molecule has 35 heavy (non-hydrogen) atoms. The summed E-state index contributed by atoms with van der Waals surface area (Å²) in [4.78, 5) is 39.7. The van der Waals surface area contributed by atoms with Gasteiger partial charge in [-0.2, -0.15) is 26.3 Å². The highest BCUT2D eigenvalue weighted by Gasteiger charge is 2.37. The molecule has 2 aromatic carbocycles. The lowest BCUT2D eigenvalue weighted by Crippen LogP contribution is -2.29. The molecule has 0 bridgehead atoms. The smallest absolute Gasteiger partial charge is 0.416 e. The monoisotopic (exact) mass is 499 g/mol. The van der Waals surface area contributed by atoms with E-state index >= 15 is 0 Å². The Labute approximate surface area is 193 Å². The van der Waals surface area contributed by atoms with Gasteiger partial charge in [0.2, 0.25) is 0 Å². The maximum Gasteiger partial charge on any atom is 0.416 e. The van der Waals surface area contributed by atoms with Gasteiger partial charge in [0.1, 0.15) is 24.4 Å². The van der Waals surface area contributed by atoms with E-state index in [4.69, 9.17) is 4.74 Å². The molecule has 7 nitrogen and oxygen atoms in total. The van der Waals surface area contributed by atoms with Crippen molar-refractivity contribution < 1.29 is 40.7 Å². The van der Waals surface area contributed by atoms with E-state index in [-0.39, 0.29) is 19.0 Å². The van der Waals surface area contributed by atoms with Gasteiger partial charge in [0.05, 0.1) is 23.9 Å². The summed E-state index contributed by atoms with van der Waals surface area (Å²) in [5, 5.41) is 2.10. The van der Waals surface area contributed by atoms with E-state index in [9.17, 15) is 40.7 Å². The molecule has 0 saturated heterocycles. The predicted octanol–water partition coefficient (Wildman–Crippen LogP) is 4.90. The zero-order valence-electron chi connectivity index (χ0n) is 17.5. The highest BCUT2D eigenvalue weighted by Crippen LogP contribution is 2.38. The molecule has 3 rings (SSSR count). The Balaban J connectivity index is 1.99. The van der Waals surface area contributed by atoms with E-state index in [0.717, 1.165) is 6.20 Å². The number of aromatic nitrogens is 2. The average molecular weight is 499 g/mol. The minimum Gasteiger partial charge on any atom is -0.444 e. The van der Waals surface area contributed by atoms with Crippen LogP contribution in [0.15, 0.2) is 59.5 Å². The third-order valence-electron chi connectivity index (χ3n) is 4.60. The second-order valence-electron chi connectivity index (χ2n) is 7.06. The summed E-state index contributed by atoms with van der Waals surface area (Å²) in [6.07, 6.45) is -10.4. The third kappa shape index (κ3) is 6.25. The molecule has 1 amide bonds. The quantitative estimate of drug-likeness (QED) is 0.385. The molecule has 3 aromatic rings. The van der Waals surface area contributed by atoms with Gasteiger partial charge in [-0.05, 0) is 23.8 Å². The van der Waals surface area contributed by atoms with Gasteiger partial charge in [0.25, 0.3) is 5.56 Å². The molecule has 0 aliphatic carbocycles. The Morgan fingerprint density at radius 1 is 1.00 bits per heavy atom. The molecule has 184 valence electrons. The van der Waals surface area contributed by atoms with E-state index in [2.05, 4.69) is 10.3 Å². The van der Waals surface area contributed by atoms with E-state index in [1.165, 1.54) is 0 Å². The SMILES string of the molecule is O=CCn1c(-c2cc(C(F)(F)F)cc(C(F)(F)F)c2)ncc(NC(=O)OCc2ccccc2)c1=O. The first kappa shape index (κ1) is 25.5. The average Bonchev–Trinajstić information content (AvgIpc) is 2.80. The lowest BCUT2D eigenvalue weighted by molar-refractivity contribution is -0.143. The number of carbonyl (C=O) groups excluding carboxylic acids is 2. The molecule has 0 spiro atoms. The van der Waals surface area contributed by atoms with Crippen LogP contribution in [0.3, 0.4) is 0 Å². The van der Waals surface area contributed by atoms with E-state index < -0.39 is 58.8 Å². The normalized spacial score (nSPS) is 11.7. The second kappa shape index (κ2) is 9.99. The molecule has 13 heteroatoms. The second-order valence-corrected chi connectivity index (χ2v) is 7.06. The molecule has 0 saturated carbocycles. The number of halogens is 6. The number of alkyl halides is 6. The standard InChI is InChI=1S/C22H15F6N3O4/c23-21(24,25)15-8-14(9-16(10-15)22(26,27)28)18-29-11-17(19(33)31(18)6-7-32)30-20(34)35-12-13-4-2-1-3-5-13/h1-5,7-11H,6,12H2,(H,30,34). The highest BCUT2D eigenvalue weighted by atomic mass is 19.4. The van der Waals surface area contributed by atoms with Crippen molar-refractivity contribution >= 4 is 18.1 Å². The van der Waals surface area contributed by atoms with E-state index in [1.54, 1.807) is 30.3 Å². The van der Waals surface area contributed by atoms with Gasteiger partial charge in [0.15, 0.2) is 0 Å². The number of hydrogen-bond acceptors (Lipinski definition) is 5. The summed E-state index contributed by atoms with van der Waals surface area (Å²) in [5.41, 5.74) is -4.91. The number of anilines is 1. The Bertz CT molecular complexity index is 1250. The van der Waals surface area contributed by atoms with Gasteiger partial charge in [-0.15, -0.1) is 0 Å². The highest BCUT2D eigenvalue weighted by molar-refractivity contribution is 5.84. The number of nitrogens with one attached hydrogen (secondary N) is 1. The molecule has 1 heterocycles. The lowest BCUT2D eigenvalue weighted by Gasteiger charge is -2.16. The number of ether oxygens (including phenoxy) is 1. The molecule has 0 aliphatic rings. The Morgan fingerprint density at radius 2 is 1.60 bits per heavy atom. The van der Waals surface area contributed by atoms with Crippen LogP contribution in [0.25, 0.3) is 11.4 Å². The van der Waals surface area contributed by atoms with Crippen LogP contribution >= 0.6 is 0 Å². The van der Waals surface area contributed by atoms with Crippen LogP contribution in [0.4, 0.5) is 36.8 Å². The number of nitrogens with zero attached hydrogens (tertiary/aromatic N) is 2. The number of rotatable bonds is 6. The molecule has 0 aliphatic heterocycles. The van der Waals surface area contributed by atoms with Crippen LogP contribution in [-0.4, -0.2) is 21.9 Å². The predicted molar refractivity (Wildman–Crippen MR) is 110 cm³/mol. The zero-order chi connectivity index (χ0) is 25.8. The Morgan fingerprint density at radius 3 is 2.14 bits per heavy atom. The minimum absolute atomic E-state index is 0.0790. The van der Waals surface area contributed by atoms with Gasteiger partial charge in [-0.25, -0.2) is 9.78 Å². The van der Waals surface area contributed by atoms with E-state index in [0.29, 0.717) is 22.3 Å². The number of amides is 1. The van der Waals surface area contributed by atoms with Crippen LogP contribution in [0.2, 0.25) is 0 Å². The Kier molecular flexibility index (Phi) is 7.27. The summed E-state index contributed by atoms with van der Waals surface area (Å²) >= 11 is 0. The molecular weight excluding hydrogens is 484 g/mol. The van der Waals surface area contributed by atoms with Gasteiger partial charge >= 0.3 is 18.4 Å². The Hall–Kier alpha value is -4.16. The van der Waals surface area contributed by atoms with Crippen molar-refractivity contribution in [2.75, 3.05) is 5.32 Å². The van der Waals surface area contributed by atoms with Crippen molar-refractivity contribution in [2.45, 2.75) is 25.5 Å². The summed E-state index contributed by atoms with van der Waals surface area (Å²) < 4.78 is 84.8. The van der Waals surface area contributed by atoms with Crippen molar-refractivity contribution in [2.24, 2.45) is 0 Å². The van der Waals surface area contributed by atoms with Crippen molar-refractivity contribution in [1.29, 1.82) is 0 Å². The molecular formula is C22H15F6N3O4. The van der Waals surface area contributed by atoms with Gasteiger partial charge in [-0.3, -0.25) is 14.7 Å². The van der Waals surface area contributed by atoms with Crippen LogP contribution in [-0.2, 0) is 35.0 Å². The van der Waals surface area contributed by atoms with Gasteiger partial charge < -0.3 is 9.53 Å². The molecule has 0 atom stereocenters. The first-order chi connectivity index (χ1) is 16.4. The summed E-state index contributed by atoms with van der Waals surface area (Å²) in [6, 6.07) is 9.17. The molecule has 0 radical (unpaired) electrons. The minimum atomic E-state index is -5.13. The molecule has 1 aromatic heterocycles. The third-order valence-corrected chi connectivity index (χ3v) is 4.60. The fourth-order valence-electron chi connectivity index (χ4n) is 3.01. The number of hydrogen-bond donors (Lipinski definition) is 1. The molecule has 0 fully saturated rings. The van der Waals surface area contributed by atoms with Crippen molar-refractivity contribution in [3.63, 3.8) is 0 Å². The summed E-state index contributed by atoms with van der Waals surface area (Å²) in [6.45, 7) is -0.904. The fraction of sp³-hybridized carbons (Fsp3) is 0.182. The van der Waals surface area contributed by atoms with Crippen LogP contribution in [0, 0.1) is 0 Å². The first-order valence-electron chi connectivity index (χ1n) is 9.71. The topological polar surface area (TPSA) is 90.3 Å². The first-order valence-corrected chi connectivity index (χ1v) is 9.71. The number of carbonyl (C=O) groups is 2. The van der Waals surface area contributed by atoms with Crippen molar-refractivity contribution in [3.05, 3.63) is 81.8 Å². The summed E-state index contributed by atoms with van der Waals surface area (Å²) in [7, 11) is 0. The van der Waals surface area contributed by atoms with Crippen LogP contribution in [0.1, 0.15) is 16.7 Å². The van der Waals surface area contributed by atoms with Crippen molar-refractivity contribution in [1.82, 2.24) is 9.55 Å². The van der Waals surface area contributed by atoms with Gasteiger partial charge in [0, 0.05) is 5.56 Å².